The van der Waals surface area contributed by atoms with E-state index in [9.17, 15) is 4.79 Å². The number of hydrogen-bond donors (Lipinski definition) is 2. The summed E-state index contributed by atoms with van der Waals surface area (Å²) >= 11 is 0. The van der Waals surface area contributed by atoms with Crippen molar-refractivity contribution in [3.8, 4) is 11.3 Å². The van der Waals surface area contributed by atoms with Gasteiger partial charge in [0.05, 0.1) is 6.20 Å². The van der Waals surface area contributed by atoms with E-state index in [1.807, 2.05) is 31.2 Å². The minimum atomic E-state index is -0.0843. The maximum absolute atomic E-state index is 11.8. The summed E-state index contributed by atoms with van der Waals surface area (Å²) in [4.78, 5) is 15.7. The standard InChI is InChI=1S/C14H17N3O2/c1-10(6-7-15)14(18)17-12-4-2-11(3-5-12)13-8-16-9-19-13/h2-5,8-10H,6-7,15H2,1H3,(H,17,18). The molecule has 0 aliphatic heterocycles. The second-order valence-corrected chi connectivity index (χ2v) is 4.41. The van der Waals surface area contributed by atoms with Crippen LogP contribution in [0.2, 0.25) is 0 Å². The molecule has 2 aromatic rings. The highest BCUT2D eigenvalue weighted by Crippen LogP contribution is 2.21. The molecular weight excluding hydrogens is 242 g/mol. The summed E-state index contributed by atoms with van der Waals surface area (Å²) in [6.07, 6.45) is 3.72. The first-order valence-electron chi connectivity index (χ1n) is 6.20. The molecule has 1 unspecified atom stereocenters. The van der Waals surface area contributed by atoms with E-state index in [0.29, 0.717) is 18.7 Å². The van der Waals surface area contributed by atoms with E-state index < -0.39 is 0 Å². The zero-order valence-corrected chi connectivity index (χ0v) is 10.8. The second kappa shape index (κ2) is 6.15. The van der Waals surface area contributed by atoms with Gasteiger partial charge in [0.15, 0.2) is 12.2 Å². The van der Waals surface area contributed by atoms with Crippen molar-refractivity contribution in [1.29, 1.82) is 0 Å². The number of nitrogens with two attached hydrogens (primary N) is 1. The Kier molecular flexibility index (Phi) is 4.30. The Morgan fingerprint density at radius 3 is 2.74 bits per heavy atom. The number of benzene rings is 1. The molecule has 19 heavy (non-hydrogen) atoms. The molecule has 1 aromatic heterocycles. The largest absolute Gasteiger partial charge is 0.444 e. The summed E-state index contributed by atoms with van der Waals surface area (Å²) in [6.45, 7) is 2.38. The highest BCUT2D eigenvalue weighted by Gasteiger charge is 2.12. The number of carbonyl (C=O) groups is 1. The summed E-state index contributed by atoms with van der Waals surface area (Å²) in [5.74, 6) is 0.603. The minimum Gasteiger partial charge on any atom is -0.444 e. The van der Waals surface area contributed by atoms with Crippen molar-refractivity contribution >= 4 is 11.6 Å². The van der Waals surface area contributed by atoms with E-state index in [1.165, 1.54) is 6.39 Å². The third-order valence-electron chi connectivity index (χ3n) is 2.92. The summed E-state index contributed by atoms with van der Waals surface area (Å²) in [5, 5.41) is 2.86. The maximum atomic E-state index is 11.8. The first kappa shape index (κ1) is 13.3. The zero-order chi connectivity index (χ0) is 13.7. The van der Waals surface area contributed by atoms with Gasteiger partial charge in [-0.15, -0.1) is 0 Å². The maximum Gasteiger partial charge on any atom is 0.227 e. The lowest BCUT2D eigenvalue weighted by molar-refractivity contribution is -0.119. The van der Waals surface area contributed by atoms with Crippen LogP contribution in [0.1, 0.15) is 13.3 Å². The van der Waals surface area contributed by atoms with Gasteiger partial charge in [0, 0.05) is 17.2 Å². The van der Waals surface area contributed by atoms with Crippen molar-refractivity contribution in [3.05, 3.63) is 36.9 Å². The van der Waals surface area contributed by atoms with Gasteiger partial charge in [0.1, 0.15) is 0 Å². The van der Waals surface area contributed by atoms with Gasteiger partial charge in [0.2, 0.25) is 5.91 Å². The average molecular weight is 259 g/mol. The molecule has 1 atom stereocenters. The lowest BCUT2D eigenvalue weighted by Crippen LogP contribution is -2.22. The molecule has 0 aliphatic rings. The number of hydrogen-bond acceptors (Lipinski definition) is 4. The van der Waals surface area contributed by atoms with E-state index in [4.69, 9.17) is 10.2 Å². The van der Waals surface area contributed by atoms with Crippen LogP contribution in [-0.4, -0.2) is 17.4 Å². The van der Waals surface area contributed by atoms with Crippen molar-refractivity contribution in [2.75, 3.05) is 11.9 Å². The van der Waals surface area contributed by atoms with Crippen LogP contribution in [0.4, 0.5) is 5.69 Å². The van der Waals surface area contributed by atoms with E-state index >= 15 is 0 Å². The lowest BCUT2D eigenvalue weighted by atomic mass is 10.1. The summed E-state index contributed by atoms with van der Waals surface area (Å²) < 4.78 is 5.20. The summed E-state index contributed by atoms with van der Waals surface area (Å²) in [6, 6.07) is 7.43. The number of carbonyl (C=O) groups excluding carboxylic acids is 1. The number of oxazole rings is 1. The molecule has 1 heterocycles. The Labute approximate surface area is 111 Å². The van der Waals surface area contributed by atoms with E-state index in [2.05, 4.69) is 10.3 Å². The molecule has 100 valence electrons. The first-order chi connectivity index (χ1) is 9.20. The van der Waals surface area contributed by atoms with Crippen LogP contribution in [-0.2, 0) is 4.79 Å². The van der Waals surface area contributed by atoms with Crippen molar-refractivity contribution in [3.63, 3.8) is 0 Å². The number of nitrogens with zero attached hydrogens (tertiary/aromatic N) is 1. The van der Waals surface area contributed by atoms with Gasteiger partial charge in [-0.3, -0.25) is 4.79 Å². The second-order valence-electron chi connectivity index (χ2n) is 4.41. The van der Waals surface area contributed by atoms with Gasteiger partial charge in [-0.1, -0.05) is 6.92 Å². The van der Waals surface area contributed by atoms with Crippen LogP contribution >= 0.6 is 0 Å². The van der Waals surface area contributed by atoms with Crippen LogP contribution in [0, 0.1) is 5.92 Å². The van der Waals surface area contributed by atoms with Crippen LogP contribution in [0.25, 0.3) is 11.3 Å². The van der Waals surface area contributed by atoms with Crippen LogP contribution < -0.4 is 11.1 Å². The predicted molar refractivity (Wildman–Crippen MR) is 73.4 cm³/mol. The van der Waals surface area contributed by atoms with Crippen molar-refractivity contribution in [2.45, 2.75) is 13.3 Å². The Balaban J connectivity index is 2.01. The average Bonchev–Trinajstić information content (AvgIpc) is 2.94. The first-order valence-corrected chi connectivity index (χ1v) is 6.20. The molecule has 1 amide bonds. The molecule has 0 aliphatic carbocycles. The number of amides is 1. The molecule has 5 heteroatoms. The lowest BCUT2D eigenvalue weighted by Gasteiger charge is -2.11. The van der Waals surface area contributed by atoms with Gasteiger partial charge in [0.25, 0.3) is 0 Å². The van der Waals surface area contributed by atoms with E-state index in [-0.39, 0.29) is 11.8 Å². The fourth-order valence-electron chi connectivity index (χ4n) is 1.72. The van der Waals surface area contributed by atoms with Crippen LogP contribution in [0.3, 0.4) is 0 Å². The van der Waals surface area contributed by atoms with Gasteiger partial charge in [-0.05, 0) is 37.2 Å². The smallest absolute Gasteiger partial charge is 0.227 e. The highest BCUT2D eigenvalue weighted by atomic mass is 16.3. The molecule has 1 aromatic carbocycles. The molecule has 0 saturated carbocycles. The summed E-state index contributed by atoms with van der Waals surface area (Å²) in [7, 11) is 0. The molecule has 0 radical (unpaired) electrons. The predicted octanol–water partition coefficient (Wildman–Crippen LogP) is 2.27. The van der Waals surface area contributed by atoms with Crippen molar-refractivity contribution in [2.24, 2.45) is 11.7 Å². The number of aromatic nitrogens is 1. The molecule has 0 bridgehead atoms. The van der Waals surface area contributed by atoms with Crippen molar-refractivity contribution in [1.82, 2.24) is 4.98 Å². The summed E-state index contributed by atoms with van der Waals surface area (Å²) in [5.41, 5.74) is 7.12. The highest BCUT2D eigenvalue weighted by molar-refractivity contribution is 5.92. The van der Waals surface area contributed by atoms with Gasteiger partial charge in [-0.2, -0.15) is 0 Å². The quantitative estimate of drug-likeness (QED) is 0.863. The Hall–Kier alpha value is -2.14. The topological polar surface area (TPSA) is 81.2 Å². The van der Waals surface area contributed by atoms with Gasteiger partial charge in [-0.25, -0.2) is 4.98 Å². The molecular formula is C14H17N3O2. The number of nitrogens with one attached hydrogen (secondary N) is 1. The molecule has 2 rings (SSSR count). The molecule has 0 spiro atoms. The third kappa shape index (κ3) is 3.42. The van der Waals surface area contributed by atoms with Gasteiger partial charge < -0.3 is 15.5 Å². The zero-order valence-electron chi connectivity index (χ0n) is 10.8. The monoisotopic (exact) mass is 259 g/mol. The number of rotatable bonds is 5. The van der Waals surface area contributed by atoms with Crippen LogP contribution in [0.5, 0.6) is 0 Å². The van der Waals surface area contributed by atoms with Crippen LogP contribution in [0.15, 0.2) is 41.3 Å². The Morgan fingerprint density at radius 1 is 1.42 bits per heavy atom. The molecule has 0 fully saturated rings. The SMILES string of the molecule is CC(CCN)C(=O)Nc1ccc(-c2cnco2)cc1. The Morgan fingerprint density at radius 2 is 2.16 bits per heavy atom. The van der Waals surface area contributed by atoms with E-state index in [1.54, 1.807) is 6.20 Å². The van der Waals surface area contributed by atoms with Crippen molar-refractivity contribution < 1.29 is 9.21 Å². The third-order valence-corrected chi connectivity index (χ3v) is 2.92. The Bertz CT molecular complexity index is 520. The normalized spacial score (nSPS) is 12.1. The number of anilines is 1. The fourth-order valence-corrected chi connectivity index (χ4v) is 1.72. The molecule has 0 saturated heterocycles. The molecule has 3 N–H and O–H groups in total. The minimum absolute atomic E-state index is 0.0159. The fraction of sp³-hybridized carbons (Fsp3) is 0.286. The van der Waals surface area contributed by atoms with E-state index in [0.717, 1.165) is 11.3 Å². The van der Waals surface area contributed by atoms with Gasteiger partial charge >= 0.3 is 0 Å². The molecule has 5 nitrogen and oxygen atoms in total.